The standard InChI is InChI=1S/C19H19N3O3S/c1-21-9-10-26-19(21)20-16(23)12-7-8-14-15(11-12)18(25)22(17(14)24)13-5-3-2-4-6-13/h7-11,13H,2-6H2,1H3. The zero-order valence-corrected chi connectivity index (χ0v) is 15.3. The first-order valence-corrected chi connectivity index (χ1v) is 9.65. The molecule has 6 nitrogen and oxygen atoms in total. The van der Waals surface area contributed by atoms with Crippen molar-refractivity contribution in [3.05, 3.63) is 51.3 Å². The second-order valence-corrected chi connectivity index (χ2v) is 7.62. The minimum Gasteiger partial charge on any atom is -0.327 e. The van der Waals surface area contributed by atoms with Crippen molar-refractivity contribution in [2.24, 2.45) is 12.0 Å². The second kappa shape index (κ2) is 6.64. The van der Waals surface area contributed by atoms with Crippen molar-refractivity contribution in [1.29, 1.82) is 0 Å². The fourth-order valence-corrected chi connectivity index (χ4v) is 4.38. The van der Waals surface area contributed by atoms with Crippen LogP contribution in [0.1, 0.15) is 63.2 Å². The van der Waals surface area contributed by atoms with Crippen LogP contribution in [-0.2, 0) is 7.05 Å². The SMILES string of the molecule is Cn1ccsc1=NC(=O)c1ccc2c(c1)C(=O)N(C1CCCCC1)C2=O. The quantitative estimate of drug-likeness (QED) is 0.764. The van der Waals surface area contributed by atoms with E-state index in [-0.39, 0.29) is 17.9 Å². The number of benzene rings is 1. The summed E-state index contributed by atoms with van der Waals surface area (Å²) in [4.78, 5) is 44.0. The van der Waals surface area contributed by atoms with Gasteiger partial charge in [-0.05, 0) is 31.0 Å². The highest BCUT2D eigenvalue weighted by atomic mass is 32.1. The topological polar surface area (TPSA) is 71.7 Å². The zero-order valence-electron chi connectivity index (χ0n) is 14.5. The van der Waals surface area contributed by atoms with E-state index in [4.69, 9.17) is 0 Å². The summed E-state index contributed by atoms with van der Waals surface area (Å²) >= 11 is 1.36. The fraction of sp³-hybridized carbons (Fsp3) is 0.368. The van der Waals surface area contributed by atoms with Crippen molar-refractivity contribution in [2.75, 3.05) is 0 Å². The van der Waals surface area contributed by atoms with Crippen LogP contribution in [0.25, 0.3) is 0 Å². The number of thiazole rings is 1. The Morgan fingerprint density at radius 2 is 1.85 bits per heavy atom. The average molecular weight is 369 g/mol. The van der Waals surface area contributed by atoms with E-state index in [0.29, 0.717) is 21.5 Å². The van der Waals surface area contributed by atoms with Gasteiger partial charge in [-0.1, -0.05) is 19.3 Å². The Bertz CT molecular complexity index is 966. The molecule has 7 heteroatoms. The number of imide groups is 1. The smallest absolute Gasteiger partial charge is 0.279 e. The maximum Gasteiger partial charge on any atom is 0.279 e. The van der Waals surface area contributed by atoms with Crippen LogP contribution in [0.15, 0.2) is 34.8 Å². The van der Waals surface area contributed by atoms with E-state index in [1.807, 2.05) is 18.6 Å². The molecule has 3 amide bonds. The van der Waals surface area contributed by atoms with Gasteiger partial charge < -0.3 is 4.57 Å². The van der Waals surface area contributed by atoms with Gasteiger partial charge in [-0.15, -0.1) is 11.3 Å². The minimum atomic E-state index is -0.415. The van der Waals surface area contributed by atoms with Gasteiger partial charge in [0, 0.05) is 30.2 Å². The van der Waals surface area contributed by atoms with Crippen molar-refractivity contribution in [3.63, 3.8) is 0 Å². The maximum atomic E-state index is 12.8. The number of carbonyl (C=O) groups is 3. The molecule has 0 N–H and O–H groups in total. The van der Waals surface area contributed by atoms with E-state index in [0.717, 1.165) is 32.1 Å². The molecule has 4 rings (SSSR count). The van der Waals surface area contributed by atoms with Gasteiger partial charge in [-0.2, -0.15) is 4.99 Å². The van der Waals surface area contributed by atoms with Gasteiger partial charge in [-0.25, -0.2) is 0 Å². The number of hydrogen-bond acceptors (Lipinski definition) is 4. The highest BCUT2D eigenvalue weighted by Gasteiger charge is 2.40. The third kappa shape index (κ3) is 2.82. The monoisotopic (exact) mass is 369 g/mol. The van der Waals surface area contributed by atoms with Crippen LogP contribution in [-0.4, -0.2) is 33.2 Å². The van der Waals surface area contributed by atoms with Gasteiger partial charge >= 0.3 is 0 Å². The predicted octanol–water partition coefficient (Wildman–Crippen LogP) is 2.76. The number of carbonyl (C=O) groups excluding carboxylic acids is 3. The summed E-state index contributed by atoms with van der Waals surface area (Å²) in [6, 6.07) is 4.64. The molecule has 0 spiro atoms. The Balaban J connectivity index is 1.66. The first-order chi connectivity index (χ1) is 12.6. The molecule has 2 aromatic rings. The summed E-state index contributed by atoms with van der Waals surface area (Å²) < 4.78 is 1.76. The lowest BCUT2D eigenvalue weighted by molar-refractivity contribution is 0.0549. The summed E-state index contributed by atoms with van der Waals surface area (Å²) in [6.45, 7) is 0. The molecule has 26 heavy (non-hydrogen) atoms. The zero-order chi connectivity index (χ0) is 18.3. The number of amides is 3. The van der Waals surface area contributed by atoms with Gasteiger partial charge in [0.1, 0.15) is 0 Å². The molecule has 0 atom stereocenters. The van der Waals surface area contributed by atoms with Crippen LogP contribution in [0.3, 0.4) is 0 Å². The highest BCUT2D eigenvalue weighted by molar-refractivity contribution is 7.07. The third-order valence-electron chi connectivity index (χ3n) is 5.06. The van der Waals surface area contributed by atoms with Crippen molar-refractivity contribution < 1.29 is 14.4 Å². The maximum absolute atomic E-state index is 12.8. The summed E-state index contributed by atoms with van der Waals surface area (Å²) in [7, 11) is 1.82. The van der Waals surface area contributed by atoms with Crippen LogP contribution in [0.4, 0.5) is 0 Å². The molecule has 1 aromatic heterocycles. The van der Waals surface area contributed by atoms with Gasteiger partial charge in [0.05, 0.1) is 11.1 Å². The Hall–Kier alpha value is -2.54. The predicted molar refractivity (Wildman–Crippen MR) is 97.0 cm³/mol. The largest absolute Gasteiger partial charge is 0.327 e. The molecule has 134 valence electrons. The van der Waals surface area contributed by atoms with Crippen LogP contribution in [0.2, 0.25) is 0 Å². The molecule has 2 aliphatic rings. The number of nitrogens with zero attached hydrogens (tertiary/aromatic N) is 3. The van der Waals surface area contributed by atoms with Gasteiger partial charge in [-0.3, -0.25) is 19.3 Å². The van der Waals surface area contributed by atoms with Crippen molar-refractivity contribution >= 4 is 29.1 Å². The van der Waals surface area contributed by atoms with E-state index >= 15 is 0 Å². The van der Waals surface area contributed by atoms with Crippen molar-refractivity contribution in [3.8, 4) is 0 Å². The van der Waals surface area contributed by atoms with E-state index < -0.39 is 5.91 Å². The number of rotatable bonds is 2. The van der Waals surface area contributed by atoms with Crippen LogP contribution >= 0.6 is 11.3 Å². The fourth-order valence-electron chi connectivity index (χ4n) is 3.65. The first-order valence-electron chi connectivity index (χ1n) is 8.77. The molecule has 0 saturated heterocycles. The van der Waals surface area contributed by atoms with E-state index in [2.05, 4.69) is 4.99 Å². The summed E-state index contributed by atoms with van der Waals surface area (Å²) in [5.74, 6) is -0.937. The summed E-state index contributed by atoms with van der Waals surface area (Å²) in [6.07, 6.45) is 6.78. The minimum absolute atomic E-state index is 0.0230. The third-order valence-corrected chi connectivity index (χ3v) is 5.91. The van der Waals surface area contributed by atoms with Gasteiger partial charge in [0.25, 0.3) is 17.7 Å². The number of hydrogen-bond donors (Lipinski definition) is 0. The second-order valence-electron chi connectivity index (χ2n) is 6.75. The molecular formula is C19H19N3O3S. The Labute approximate surface area is 154 Å². The molecule has 2 heterocycles. The Morgan fingerprint density at radius 1 is 1.12 bits per heavy atom. The van der Waals surface area contributed by atoms with E-state index in [1.54, 1.807) is 16.7 Å². The Morgan fingerprint density at radius 3 is 2.54 bits per heavy atom. The molecule has 0 unspecified atom stereocenters. The summed E-state index contributed by atoms with van der Waals surface area (Å²) in [5, 5.41) is 1.85. The molecule has 1 aliphatic heterocycles. The lowest BCUT2D eigenvalue weighted by Gasteiger charge is -2.29. The number of aryl methyl sites for hydroxylation is 1. The highest BCUT2D eigenvalue weighted by Crippen LogP contribution is 2.31. The lowest BCUT2D eigenvalue weighted by Crippen LogP contribution is -2.40. The van der Waals surface area contributed by atoms with E-state index in [9.17, 15) is 14.4 Å². The summed E-state index contributed by atoms with van der Waals surface area (Å²) in [5.41, 5.74) is 1.03. The number of aromatic nitrogens is 1. The molecular weight excluding hydrogens is 350 g/mol. The normalized spacial score (nSPS) is 18.5. The van der Waals surface area contributed by atoms with Gasteiger partial charge in [0.15, 0.2) is 4.80 Å². The molecule has 1 aromatic carbocycles. The van der Waals surface area contributed by atoms with Gasteiger partial charge in [0.2, 0.25) is 0 Å². The first kappa shape index (κ1) is 16.9. The molecule has 0 bridgehead atoms. The molecule has 0 radical (unpaired) electrons. The van der Waals surface area contributed by atoms with Crippen molar-refractivity contribution in [2.45, 2.75) is 38.1 Å². The van der Waals surface area contributed by atoms with Crippen LogP contribution in [0, 0.1) is 0 Å². The lowest BCUT2D eigenvalue weighted by atomic mass is 9.94. The molecule has 1 aliphatic carbocycles. The Kier molecular flexibility index (Phi) is 4.32. The molecule has 1 saturated carbocycles. The molecule has 1 fully saturated rings. The average Bonchev–Trinajstić information content (AvgIpc) is 3.17. The van der Waals surface area contributed by atoms with E-state index in [1.165, 1.54) is 22.3 Å². The van der Waals surface area contributed by atoms with Crippen LogP contribution in [0.5, 0.6) is 0 Å². The van der Waals surface area contributed by atoms with Crippen molar-refractivity contribution in [1.82, 2.24) is 9.47 Å². The number of fused-ring (bicyclic) bond motifs is 1. The van der Waals surface area contributed by atoms with Crippen LogP contribution < -0.4 is 4.80 Å².